The van der Waals surface area contributed by atoms with Gasteiger partial charge in [-0.3, -0.25) is 39.0 Å². The van der Waals surface area contributed by atoms with Gasteiger partial charge in [-0.15, -0.1) is 0 Å². The van der Waals surface area contributed by atoms with Crippen molar-refractivity contribution in [3.05, 3.63) is 77.9 Å². The van der Waals surface area contributed by atoms with E-state index in [0.29, 0.717) is 76.3 Å². The van der Waals surface area contributed by atoms with Crippen LogP contribution in [0.1, 0.15) is 49.7 Å². The number of nitrogens with one attached hydrogen (secondary N) is 8. The summed E-state index contributed by atoms with van der Waals surface area (Å²) in [5, 5.41) is 38.4. The number of nitrogens with zero attached hydrogens (tertiary/aromatic N) is 5. The molecule has 4 aliphatic heterocycles. The fraction of sp³-hybridized carbons (Fsp3) is 0.541. The zero-order valence-corrected chi connectivity index (χ0v) is 55.6. The molecule has 0 radical (unpaired) electrons. The van der Waals surface area contributed by atoms with Gasteiger partial charge in [0.05, 0.1) is 32.1 Å². The summed E-state index contributed by atoms with van der Waals surface area (Å²) in [4.78, 5) is 157. The third-order valence-electron chi connectivity index (χ3n) is 15.9. The van der Waals surface area contributed by atoms with Gasteiger partial charge in [0, 0.05) is 32.9 Å². The van der Waals surface area contributed by atoms with Crippen LogP contribution in [-0.4, -0.2) is 286 Å². The number of nitrogens with two attached hydrogens (primary N) is 1. The summed E-state index contributed by atoms with van der Waals surface area (Å²) in [7, 11) is 1.38. The number of carbonyl (C=O) groups is 11. The summed E-state index contributed by atoms with van der Waals surface area (Å²) in [6, 6.07) is 14.2. The van der Waals surface area contributed by atoms with Crippen molar-refractivity contribution < 1.29 is 75.9 Å². The quantitative estimate of drug-likeness (QED) is 0.0221. The second-order valence-corrected chi connectivity index (χ2v) is 26.8. The molecule has 0 saturated carbocycles. The van der Waals surface area contributed by atoms with E-state index in [1.165, 1.54) is 19.2 Å². The van der Waals surface area contributed by atoms with Crippen molar-refractivity contribution in [3.8, 4) is 5.75 Å². The third kappa shape index (κ3) is 25.4. The van der Waals surface area contributed by atoms with E-state index in [-0.39, 0.29) is 115 Å². The predicted molar refractivity (Wildman–Crippen MR) is 335 cm³/mol. The fourth-order valence-electron chi connectivity index (χ4n) is 10.8. The molecule has 11 N–H and O–H groups in total. The zero-order chi connectivity index (χ0) is 66.7. The molecule has 93 heavy (non-hydrogen) atoms. The van der Waals surface area contributed by atoms with Gasteiger partial charge in [0.15, 0.2) is 0 Å². The number of aromatic hydroxyl groups is 1. The summed E-state index contributed by atoms with van der Waals surface area (Å²) < 4.78 is 27.2. The molecule has 7 rings (SSSR count). The molecule has 4 saturated heterocycles. The van der Waals surface area contributed by atoms with Gasteiger partial charge >= 0.3 is 191 Å². The summed E-state index contributed by atoms with van der Waals surface area (Å²) in [5.41, 5.74) is 6.87. The van der Waals surface area contributed by atoms with Gasteiger partial charge < -0.3 is 57.1 Å². The molecule has 3 aromatic carbocycles. The Morgan fingerprint density at radius 3 is 1.87 bits per heavy atom. The van der Waals surface area contributed by atoms with Crippen molar-refractivity contribution in [3.63, 3.8) is 0 Å². The van der Waals surface area contributed by atoms with Crippen LogP contribution in [0.2, 0.25) is 0 Å². The number of phenols is 1. The molecular weight excluding hydrogens is 1320 g/mol. The molecule has 31 nitrogen and oxygen atoms in total. The Morgan fingerprint density at radius 1 is 0.624 bits per heavy atom. The standard InChI is InChI=1S/C61H88N14O17.In/c1-71-49(10-6-18-64-51(77)34-66-54(80)40-92-30-29-91-28-19-65-53(79)36-72-20-22-73(37-55(81)82)24-26-75(39-57(85)86)27-25-74(23-21-72)38-56(83)84)60(89)69-46(9-4-5-11-50(62)63)59(88)70-47(33-42-12-15-43-7-2-3-8-44(43)31-42)58(87)67-35-52(78)68-48(61(71)90)32-41-13-16-45(76)17-14-41;/h2-3,7-8,12-17,31,46-49,76H,4-6,9-11,18-30,32-40H2,1H3,(H3,62,63)(H,64,77)(H,65,79)(H,66,80)(H,67,87)(H,68,78)(H,69,89)(H,70,88)(H,81,82)(H,83,84)(H,85,86);/q;+3/p-3/t46-,47-,48+,49+;/m0./s1. The zero-order valence-electron chi connectivity index (χ0n) is 52.3. The van der Waals surface area contributed by atoms with E-state index < -0.39 is 126 Å². The minimum atomic E-state index is -4.26. The van der Waals surface area contributed by atoms with Gasteiger partial charge in [-0.05, 0) is 59.7 Å². The van der Waals surface area contributed by atoms with Gasteiger partial charge in [-0.25, -0.2) is 0 Å². The molecular formula is C61H85InN14O17. The van der Waals surface area contributed by atoms with Crippen LogP contribution in [0, 0.1) is 5.41 Å². The third-order valence-corrected chi connectivity index (χ3v) is 19.8. The van der Waals surface area contributed by atoms with E-state index in [2.05, 4.69) is 37.2 Å². The van der Waals surface area contributed by atoms with Crippen LogP contribution in [0.3, 0.4) is 0 Å². The van der Waals surface area contributed by atoms with E-state index in [0.717, 1.165) is 15.7 Å². The molecule has 4 aliphatic rings. The summed E-state index contributed by atoms with van der Waals surface area (Å²) >= 11 is -4.26. The molecule has 8 amide bonds. The summed E-state index contributed by atoms with van der Waals surface area (Å²) in [6.07, 6.45) is 1.01. The Labute approximate surface area is 547 Å². The number of rotatable bonds is 25. The van der Waals surface area contributed by atoms with E-state index in [1.807, 2.05) is 62.1 Å². The van der Waals surface area contributed by atoms with Crippen LogP contribution >= 0.6 is 0 Å². The number of amides is 8. The maximum atomic E-state index is 14.6. The van der Waals surface area contributed by atoms with Crippen LogP contribution in [0.25, 0.3) is 10.8 Å². The van der Waals surface area contributed by atoms with Crippen molar-refractivity contribution in [1.29, 1.82) is 5.41 Å². The first-order chi connectivity index (χ1) is 44.7. The molecule has 0 spiro atoms. The topological polar surface area (TPSA) is 404 Å². The number of ether oxygens (including phenoxy) is 2. The number of amidine groups is 1. The van der Waals surface area contributed by atoms with E-state index >= 15 is 0 Å². The number of hydrogen-bond donors (Lipinski definition) is 10. The molecule has 2 unspecified atom stereocenters. The second-order valence-electron chi connectivity index (χ2n) is 23.1. The van der Waals surface area contributed by atoms with Crippen molar-refractivity contribution >= 4 is 105 Å². The van der Waals surface area contributed by atoms with Crippen LogP contribution in [0.15, 0.2) is 66.7 Å². The molecule has 0 aromatic heterocycles. The Kier molecular flexibility index (Phi) is 29.3. The normalized spacial score (nSPS) is 22.5. The fourth-order valence-corrected chi connectivity index (χ4v) is 13.7. The average Bonchev–Trinajstić information content (AvgIpc) is 2.55. The van der Waals surface area contributed by atoms with Crippen molar-refractivity contribution in [2.75, 3.05) is 138 Å². The Bertz CT molecular complexity index is 3070. The van der Waals surface area contributed by atoms with Gasteiger partial charge in [-0.2, -0.15) is 0 Å². The number of unbranched alkanes of at least 4 members (excludes halogenated alkanes) is 1. The number of phenolic OH excluding ortho intramolecular Hbond substituents is 1. The number of benzene rings is 3. The molecule has 0 aliphatic carbocycles. The maximum absolute atomic E-state index is 14.6. The minimum absolute atomic E-state index is 0.0110. The molecule has 32 heteroatoms. The average molecular weight is 1400 g/mol. The Hall–Kier alpha value is -8.01. The van der Waals surface area contributed by atoms with Gasteiger partial charge in [0.25, 0.3) is 0 Å². The van der Waals surface area contributed by atoms with E-state index in [4.69, 9.17) is 29.2 Å². The van der Waals surface area contributed by atoms with Crippen LogP contribution in [0.4, 0.5) is 0 Å². The van der Waals surface area contributed by atoms with Crippen molar-refractivity contribution in [1.82, 2.24) is 61.7 Å². The number of fused-ring (bicyclic) bond motifs is 8. The second kappa shape index (κ2) is 37.6. The monoisotopic (exact) mass is 1400 g/mol. The molecule has 3 aromatic rings. The van der Waals surface area contributed by atoms with Gasteiger partial charge in [0.1, 0.15) is 36.5 Å². The van der Waals surface area contributed by atoms with Crippen LogP contribution < -0.4 is 43.0 Å². The number of likely N-dealkylation sites (N-methyl/N-ethyl adjacent to an activating group) is 1. The summed E-state index contributed by atoms with van der Waals surface area (Å²) in [6.45, 7) is 2.32. The molecule has 4 fully saturated rings. The molecule has 4 bridgehead atoms. The number of hydrogen-bond acceptors (Lipinski definition) is 22. The molecule has 504 valence electrons. The van der Waals surface area contributed by atoms with Crippen LogP contribution in [0.5, 0.6) is 5.75 Å². The number of carbonyl (C=O) groups excluding carboxylic acids is 11. The SMILES string of the molecule is CN1C(=O)[C@@H](Cc2ccc(O)cc2)NC(=O)CNC(=O)[C@H](Cc2ccc3ccccc3c2)NC(=O)[C@H](CCCCC(=N)N)NC(=O)[C@H]1CCCNC(=O)CNC(=O)COCCOCCNC(=O)CN1CCN2CCN3CCN(CC1)CC(=O)[O][In]([O]C(=O)C2)[O]C(=O)C3. The van der Waals surface area contributed by atoms with Gasteiger partial charge in [0.2, 0.25) is 41.4 Å². The Balaban J connectivity index is 0.869. The predicted octanol–water partition coefficient (Wildman–Crippen LogP) is -3.74. The first-order valence-electron chi connectivity index (χ1n) is 31.2. The molecule has 6 atom stereocenters. The Morgan fingerprint density at radius 2 is 1.22 bits per heavy atom. The van der Waals surface area contributed by atoms with E-state index in [1.54, 1.807) is 12.1 Å². The van der Waals surface area contributed by atoms with Gasteiger partial charge in [-0.1, -0.05) is 61.0 Å². The first kappa shape index (κ1) is 72.4. The van der Waals surface area contributed by atoms with Crippen molar-refractivity contribution in [2.45, 2.75) is 75.5 Å². The van der Waals surface area contributed by atoms with Crippen LogP contribution in [-0.2, 0) is 83.6 Å². The first-order valence-corrected chi connectivity index (χ1v) is 35.2. The molecule has 4 heterocycles. The van der Waals surface area contributed by atoms with E-state index in [9.17, 15) is 57.8 Å². The summed E-state index contributed by atoms with van der Waals surface area (Å²) in [5.74, 6) is -7.00. The van der Waals surface area contributed by atoms with Crippen molar-refractivity contribution in [2.24, 2.45) is 5.73 Å².